The van der Waals surface area contributed by atoms with Crippen LogP contribution in [0.4, 0.5) is 0 Å². The van der Waals surface area contributed by atoms with E-state index in [1.807, 2.05) is 0 Å². The highest BCUT2D eigenvalue weighted by atomic mass is 32.2. The number of hydrogen-bond acceptors (Lipinski definition) is 7. The highest BCUT2D eigenvalue weighted by Crippen LogP contribution is 2.28. The predicted octanol–water partition coefficient (Wildman–Crippen LogP) is -0.500. The molecule has 0 N–H and O–H groups in total. The highest BCUT2D eigenvalue weighted by molar-refractivity contribution is 7.96. The van der Waals surface area contributed by atoms with Crippen LogP contribution in [0.5, 0.6) is 0 Å². The van der Waals surface area contributed by atoms with E-state index in [-0.39, 0.29) is 54.1 Å². The molecule has 2 fully saturated rings. The molecule has 2 aliphatic heterocycles. The average Bonchev–Trinajstić information content (AvgIpc) is 3.02. The maximum absolute atomic E-state index is 12.9. The third-order valence-corrected chi connectivity index (χ3v) is 11.1. The lowest BCUT2D eigenvalue weighted by molar-refractivity contribution is -0.129. The van der Waals surface area contributed by atoms with Crippen LogP contribution in [0.3, 0.4) is 0 Å². The summed E-state index contributed by atoms with van der Waals surface area (Å²) < 4.78 is 75.8. The summed E-state index contributed by atoms with van der Waals surface area (Å²) in [6.07, 6.45) is 0.00858. The van der Waals surface area contributed by atoms with Gasteiger partial charge in [0.05, 0.1) is 26.5 Å². The van der Waals surface area contributed by atoms with E-state index >= 15 is 0 Å². The van der Waals surface area contributed by atoms with E-state index in [0.29, 0.717) is 0 Å². The second kappa shape index (κ2) is 7.39. The van der Waals surface area contributed by atoms with Crippen molar-refractivity contribution >= 4 is 35.6 Å². The van der Waals surface area contributed by atoms with Crippen molar-refractivity contribution in [2.45, 2.75) is 28.4 Å². The van der Waals surface area contributed by atoms with Crippen LogP contribution in [0.25, 0.3) is 0 Å². The maximum atomic E-state index is 12.9. The Balaban J connectivity index is 1.86. The van der Waals surface area contributed by atoms with Gasteiger partial charge in [-0.05, 0) is 24.6 Å². The fourth-order valence-corrected chi connectivity index (χ4v) is 9.35. The molecule has 2 aliphatic rings. The molecule has 12 heteroatoms. The molecule has 0 aliphatic carbocycles. The fraction of sp³-hybridized carbons (Fsp3) is 0.562. The van der Waals surface area contributed by atoms with E-state index in [9.17, 15) is 30.0 Å². The molecule has 28 heavy (non-hydrogen) atoms. The molecule has 1 aromatic carbocycles. The summed E-state index contributed by atoms with van der Waals surface area (Å²) in [7, 11) is -11.3. The summed E-state index contributed by atoms with van der Waals surface area (Å²) in [5.74, 6) is -0.758. The van der Waals surface area contributed by atoms with Gasteiger partial charge in [0.2, 0.25) is 15.9 Å². The minimum atomic E-state index is -3.96. The first-order valence-electron chi connectivity index (χ1n) is 8.73. The number of carbonyl (C=O) groups is 1. The van der Waals surface area contributed by atoms with E-state index in [4.69, 9.17) is 0 Å². The van der Waals surface area contributed by atoms with Gasteiger partial charge in [-0.15, -0.1) is 0 Å². The van der Waals surface area contributed by atoms with E-state index in [1.54, 1.807) is 4.90 Å². The van der Waals surface area contributed by atoms with Crippen LogP contribution in [-0.2, 0) is 34.5 Å². The quantitative estimate of drug-likeness (QED) is 0.605. The molecule has 0 spiro atoms. The molecule has 1 amide bonds. The summed E-state index contributed by atoms with van der Waals surface area (Å²) in [4.78, 5) is 12.6. The zero-order valence-electron chi connectivity index (χ0n) is 15.3. The minimum absolute atomic E-state index is 0.00858. The van der Waals surface area contributed by atoms with Crippen molar-refractivity contribution in [3.63, 3.8) is 0 Å². The van der Waals surface area contributed by atoms with Crippen molar-refractivity contribution in [2.24, 2.45) is 0 Å². The molecule has 1 atom stereocenters. The largest absolute Gasteiger partial charge is 0.340 e. The summed E-state index contributed by atoms with van der Waals surface area (Å²) in [6, 6.07) is 5.03. The topological polar surface area (TPSA) is 126 Å². The molecule has 2 saturated heterocycles. The standard InChI is InChI=1S/C16H22N2O7S3/c1-13(19)17-6-8-18(9-7-17)28(24,25)15-4-2-3-14(11-15)27(22,23)16-5-10-26(20,21)12-16/h2-4,11,16H,5-10,12H2,1H3. The minimum Gasteiger partial charge on any atom is -0.340 e. The van der Waals surface area contributed by atoms with Crippen molar-refractivity contribution in [1.29, 1.82) is 0 Å². The van der Waals surface area contributed by atoms with Gasteiger partial charge >= 0.3 is 0 Å². The number of piperazine rings is 1. The van der Waals surface area contributed by atoms with Crippen molar-refractivity contribution in [3.8, 4) is 0 Å². The smallest absolute Gasteiger partial charge is 0.243 e. The summed E-state index contributed by atoms with van der Waals surface area (Å²) in [6.45, 7) is 2.21. The zero-order chi connectivity index (χ0) is 20.7. The number of amides is 1. The molecule has 1 unspecified atom stereocenters. The molecule has 0 saturated carbocycles. The molecule has 0 radical (unpaired) electrons. The van der Waals surface area contributed by atoms with Crippen LogP contribution in [0, 0.1) is 0 Å². The molecule has 156 valence electrons. The lowest BCUT2D eigenvalue weighted by atomic mass is 10.3. The molecule has 0 bridgehead atoms. The van der Waals surface area contributed by atoms with Crippen LogP contribution in [0.2, 0.25) is 0 Å². The van der Waals surface area contributed by atoms with Crippen molar-refractivity contribution in [3.05, 3.63) is 24.3 Å². The number of hydrogen-bond donors (Lipinski definition) is 0. The summed E-state index contributed by atoms with van der Waals surface area (Å²) in [5.41, 5.74) is 0. The maximum Gasteiger partial charge on any atom is 0.243 e. The first-order valence-corrected chi connectivity index (χ1v) is 13.5. The van der Waals surface area contributed by atoms with Crippen LogP contribution in [-0.4, -0.2) is 83.3 Å². The molecular weight excluding hydrogens is 428 g/mol. The number of nitrogens with zero attached hydrogens (tertiary/aromatic N) is 2. The Bertz CT molecular complexity index is 1090. The molecule has 2 heterocycles. The van der Waals surface area contributed by atoms with Gasteiger partial charge in [0.15, 0.2) is 19.7 Å². The number of sulfonamides is 1. The molecule has 3 rings (SSSR count). The van der Waals surface area contributed by atoms with Gasteiger partial charge in [-0.25, -0.2) is 25.3 Å². The van der Waals surface area contributed by atoms with Gasteiger partial charge in [-0.2, -0.15) is 4.31 Å². The van der Waals surface area contributed by atoms with Crippen LogP contribution in [0.15, 0.2) is 34.1 Å². The van der Waals surface area contributed by atoms with Crippen LogP contribution in [0.1, 0.15) is 13.3 Å². The SMILES string of the molecule is CC(=O)N1CCN(S(=O)(=O)c2cccc(S(=O)(=O)C3CCS(=O)(=O)C3)c2)CC1. The number of rotatable bonds is 4. The van der Waals surface area contributed by atoms with Crippen molar-refractivity contribution in [1.82, 2.24) is 9.21 Å². The number of carbonyl (C=O) groups excluding carboxylic acids is 1. The van der Waals surface area contributed by atoms with E-state index in [1.165, 1.54) is 29.4 Å². The van der Waals surface area contributed by atoms with Gasteiger partial charge in [-0.3, -0.25) is 4.79 Å². The van der Waals surface area contributed by atoms with E-state index < -0.39 is 40.7 Å². The Morgan fingerprint density at radius 1 is 1.04 bits per heavy atom. The number of benzene rings is 1. The molecule has 0 aromatic heterocycles. The Kier molecular flexibility index (Phi) is 5.60. The second-order valence-corrected chi connectivity index (χ2v) is 13.3. The van der Waals surface area contributed by atoms with Gasteiger partial charge in [0, 0.05) is 33.1 Å². The third-order valence-electron chi connectivity index (χ3n) is 5.09. The molecule has 9 nitrogen and oxygen atoms in total. The third kappa shape index (κ3) is 4.09. The Morgan fingerprint density at radius 2 is 1.64 bits per heavy atom. The fourth-order valence-electron chi connectivity index (χ4n) is 3.40. The normalized spacial score (nSPS) is 23.6. The lowest BCUT2D eigenvalue weighted by Crippen LogP contribution is -2.49. The first kappa shape index (κ1) is 21.2. The van der Waals surface area contributed by atoms with Gasteiger partial charge in [0.25, 0.3) is 0 Å². The summed E-state index contributed by atoms with van der Waals surface area (Å²) in [5, 5.41) is -1.06. The molecule has 1 aromatic rings. The zero-order valence-corrected chi connectivity index (χ0v) is 17.8. The second-order valence-electron chi connectivity index (χ2n) is 6.96. The lowest BCUT2D eigenvalue weighted by Gasteiger charge is -2.33. The summed E-state index contributed by atoms with van der Waals surface area (Å²) >= 11 is 0. The first-order chi connectivity index (χ1) is 12.9. The van der Waals surface area contributed by atoms with Crippen LogP contribution < -0.4 is 0 Å². The van der Waals surface area contributed by atoms with Crippen molar-refractivity contribution < 1.29 is 30.0 Å². The van der Waals surface area contributed by atoms with Crippen molar-refractivity contribution in [2.75, 3.05) is 37.7 Å². The predicted molar refractivity (Wildman–Crippen MR) is 102 cm³/mol. The van der Waals surface area contributed by atoms with E-state index in [2.05, 4.69) is 0 Å². The number of sulfone groups is 2. The van der Waals surface area contributed by atoms with E-state index in [0.717, 1.165) is 6.07 Å². The Labute approximate surface area is 165 Å². The van der Waals surface area contributed by atoms with Crippen LogP contribution >= 0.6 is 0 Å². The van der Waals surface area contributed by atoms with Gasteiger partial charge in [0.1, 0.15) is 0 Å². The van der Waals surface area contributed by atoms with Gasteiger partial charge < -0.3 is 4.90 Å². The average molecular weight is 451 g/mol. The van der Waals surface area contributed by atoms with Gasteiger partial charge in [-0.1, -0.05) is 6.07 Å². The monoisotopic (exact) mass is 450 g/mol. The molecular formula is C16H22N2O7S3. The Morgan fingerprint density at radius 3 is 2.18 bits per heavy atom. The highest BCUT2D eigenvalue weighted by Gasteiger charge is 2.38. The Hall–Kier alpha value is -1.50.